The normalized spacial score (nSPS) is 16.2. The Hall–Kier alpha value is -2.03. The van der Waals surface area contributed by atoms with Crippen molar-refractivity contribution >= 4 is 32.4 Å². The third-order valence-corrected chi connectivity index (χ3v) is 7.75. The summed E-state index contributed by atoms with van der Waals surface area (Å²) < 4.78 is 38.3. The minimum Gasteiger partial charge on any atom is -0.326 e. The zero-order valence-corrected chi connectivity index (χ0v) is 18.8. The lowest BCUT2D eigenvalue weighted by Crippen LogP contribution is -2.35. The molecule has 1 atom stereocenters. The van der Waals surface area contributed by atoms with Crippen molar-refractivity contribution in [3.63, 3.8) is 0 Å². The molecule has 8 heteroatoms. The van der Waals surface area contributed by atoms with Gasteiger partial charge in [-0.05, 0) is 54.7 Å². The molecule has 0 radical (unpaired) electrons. The predicted octanol–water partition coefficient (Wildman–Crippen LogP) is 3.31. The number of benzene rings is 2. The number of hydrogen-bond donors (Lipinski definition) is 1. The SMILES string of the molecule is CS(=O)Cc1cccc(NC(=O)CCc2ccc(S(=O)(=O)N3CCCCC3)cc2)c1. The first-order chi connectivity index (χ1) is 14.3. The van der Waals surface area contributed by atoms with Gasteiger partial charge in [0.05, 0.1) is 4.90 Å². The molecular weight excluding hydrogens is 420 g/mol. The van der Waals surface area contributed by atoms with Gasteiger partial charge >= 0.3 is 0 Å². The summed E-state index contributed by atoms with van der Waals surface area (Å²) >= 11 is 0. The number of amides is 1. The van der Waals surface area contributed by atoms with Crippen molar-refractivity contribution in [1.82, 2.24) is 4.31 Å². The van der Waals surface area contributed by atoms with Crippen molar-refractivity contribution in [3.8, 4) is 0 Å². The van der Waals surface area contributed by atoms with E-state index in [1.807, 2.05) is 18.2 Å². The van der Waals surface area contributed by atoms with Crippen molar-refractivity contribution in [2.24, 2.45) is 0 Å². The number of carbonyl (C=O) groups excluding carboxylic acids is 1. The van der Waals surface area contributed by atoms with Gasteiger partial charge in [-0.2, -0.15) is 4.31 Å². The van der Waals surface area contributed by atoms with E-state index in [1.54, 1.807) is 40.9 Å². The Morgan fingerprint density at radius 2 is 1.73 bits per heavy atom. The molecule has 1 aliphatic rings. The van der Waals surface area contributed by atoms with Gasteiger partial charge in [-0.3, -0.25) is 9.00 Å². The number of piperidine rings is 1. The zero-order chi connectivity index (χ0) is 21.6. The van der Waals surface area contributed by atoms with Crippen molar-refractivity contribution < 1.29 is 17.4 Å². The maximum absolute atomic E-state index is 12.7. The Bertz CT molecular complexity index is 998. The number of carbonyl (C=O) groups is 1. The van der Waals surface area contributed by atoms with E-state index in [0.29, 0.717) is 42.3 Å². The summed E-state index contributed by atoms with van der Waals surface area (Å²) in [5.74, 6) is 0.339. The maximum Gasteiger partial charge on any atom is 0.243 e. The minimum absolute atomic E-state index is 0.116. The van der Waals surface area contributed by atoms with Gasteiger partial charge in [0.2, 0.25) is 15.9 Å². The summed E-state index contributed by atoms with van der Waals surface area (Å²) in [5, 5.41) is 2.86. The number of nitrogens with one attached hydrogen (secondary N) is 1. The second-order valence-electron chi connectivity index (χ2n) is 7.57. The molecule has 0 spiro atoms. The number of sulfonamides is 1. The van der Waals surface area contributed by atoms with Gasteiger partial charge in [0.15, 0.2) is 0 Å². The van der Waals surface area contributed by atoms with Crippen LogP contribution in [0, 0.1) is 0 Å². The first-order valence-corrected chi connectivity index (χ1v) is 13.3. The second kappa shape index (κ2) is 10.3. The molecule has 162 valence electrons. The third kappa shape index (κ3) is 6.23. The largest absolute Gasteiger partial charge is 0.326 e. The molecule has 2 aromatic carbocycles. The highest BCUT2D eigenvalue weighted by atomic mass is 32.2. The average molecular weight is 449 g/mol. The number of hydrogen-bond acceptors (Lipinski definition) is 4. The summed E-state index contributed by atoms with van der Waals surface area (Å²) in [6.07, 6.45) is 5.36. The van der Waals surface area contributed by atoms with E-state index >= 15 is 0 Å². The summed E-state index contributed by atoms with van der Waals surface area (Å²) in [6.45, 7) is 1.17. The minimum atomic E-state index is -3.43. The molecule has 1 N–H and O–H groups in total. The predicted molar refractivity (Wildman–Crippen MR) is 120 cm³/mol. The van der Waals surface area contributed by atoms with Gasteiger partial charge in [-0.15, -0.1) is 0 Å². The topological polar surface area (TPSA) is 83.5 Å². The Balaban J connectivity index is 1.55. The van der Waals surface area contributed by atoms with Crippen LogP contribution in [0.5, 0.6) is 0 Å². The van der Waals surface area contributed by atoms with Crippen LogP contribution in [0.4, 0.5) is 5.69 Å². The van der Waals surface area contributed by atoms with Crippen LogP contribution in [0.3, 0.4) is 0 Å². The van der Waals surface area contributed by atoms with Crippen LogP contribution in [-0.2, 0) is 37.8 Å². The zero-order valence-electron chi connectivity index (χ0n) is 17.2. The molecule has 0 saturated carbocycles. The van der Waals surface area contributed by atoms with E-state index in [2.05, 4.69) is 5.32 Å². The Morgan fingerprint density at radius 1 is 1.03 bits per heavy atom. The Morgan fingerprint density at radius 3 is 2.40 bits per heavy atom. The van der Waals surface area contributed by atoms with Crippen molar-refractivity contribution in [2.75, 3.05) is 24.7 Å². The molecule has 3 rings (SSSR count). The molecule has 0 bridgehead atoms. The molecule has 1 fully saturated rings. The number of aryl methyl sites for hydroxylation is 1. The monoisotopic (exact) mass is 448 g/mol. The third-order valence-electron chi connectivity index (χ3n) is 5.10. The molecule has 0 aliphatic carbocycles. The fourth-order valence-electron chi connectivity index (χ4n) is 3.54. The fraction of sp³-hybridized carbons (Fsp3) is 0.409. The van der Waals surface area contributed by atoms with Gasteiger partial charge in [0, 0.05) is 48.0 Å². The number of anilines is 1. The van der Waals surface area contributed by atoms with E-state index in [0.717, 1.165) is 30.4 Å². The van der Waals surface area contributed by atoms with Crippen LogP contribution in [-0.4, -0.2) is 42.2 Å². The van der Waals surface area contributed by atoms with Gasteiger partial charge in [0.25, 0.3) is 0 Å². The van der Waals surface area contributed by atoms with E-state index in [1.165, 1.54) is 0 Å². The first kappa shape index (κ1) is 22.7. The van der Waals surface area contributed by atoms with Crippen molar-refractivity contribution in [1.29, 1.82) is 0 Å². The van der Waals surface area contributed by atoms with E-state index in [9.17, 15) is 17.4 Å². The van der Waals surface area contributed by atoms with Crippen molar-refractivity contribution in [3.05, 3.63) is 59.7 Å². The van der Waals surface area contributed by atoms with Gasteiger partial charge < -0.3 is 5.32 Å². The Labute approximate surface area is 181 Å². The van der Waals surface area contributed by atoms with Gasteiger partial charge in [-0.25, -0.2) is 8.42 Å². The lowest BCUT2D eigenvalue weighted by Gasteiger charge is -2.25. The molecule has 2 aromatic rings. The lowest BCUT2D eigenvalue weighted by molar-refractivity contribution is -0.116. The fourth-order valence-corrected chi connectivity index (χ4v) is 5.70. The van der Waals surface area contributed by atoms with Crippen LogP contribution < -0.4 is 5.32 Å². The molecule has 1 unspecified atom stereocenters. The van der Waals surface area contributed by atoms with Crippen LogP contribution in [0.1, 0.15) is 36.8 Å². The van der Waals surface area contributed by atoms with Crippen LogP contribution in [0.15, 0.2) is 53.4 Å². The average Bonchev–Trinajstić information content (AvgIpc) is 2.73. The molecular formula is C22H28N2O4S2. The highest BCUT2D eigenvalue weighted by Gasteiger charge is 2.25. The first-order valence-electron chi connectivity index (χ1n) is 10.1. The second-order valence-corrected chi connectivity index (χ2v) is 10.9. The molecule has 1 amide bonds. The van der Waals surface area contributed by atoms with E-state index < -0.39 is 20.8 Å². The molecule has 6 nitrogen and oxygen atoms in total. The van der Waals surface area contributed by atoms with Crippen molar-refractivity contribution in [2.45, 2.75) is 42.8 Å². The molecule has 30 heavy (non-hydrogen) atoms. The van der Waals surface area contributed by atoms with Crippen LogP contribution in [0.2, 0.25) is 0 Å². The summed E-state index contributed by atoms with van der Waals surface area (Å²) in [5.41, 5.74) is 2.52. The highest BCUT2D eigenvalue weighted by molar-refractivity contribution is 7.89. The van der Waals surface area contributed by atoms with Crippen LogP contribution in [0.25, 0.3) is 0 Å². The standard InChI is InChI=1S/C22H28N2O4S2/c1-29(26)17-19-6-5-7-20(16-19)23-22(25)13-10-18-8-11-21(12-9-18)30(27,28)24-14-3-2-4-15-24/h5-9,11-12,16H,2-4,10,13-15,17H2,1H3,(H,23,25). The smallest absolute Gasteiger partial charge is 0.243 e. The number of nitrogens with zero attached hydrogens (tertiary/aromatic N) is 1. The highest BCUT2D eigenvalue weighted by Crippen LogP contribution is 2.21. The van der Waals surface area contributed by atoms with Gasteiger partial charge in [0.1, 0.15) is 0 Å². The molecule has 1 saturated heterocycles. The summed E-state index contributed by atoms with van der Waals surface area (Å²) in [6, 6.07) is 14.2. The number of rotatable bonds is 8. The Kier molecular flexibility index (Phi) is 7.80. The van der Waals surface area contributed by atoms with E-state index in [4.69, 9.17) is 0 Å². The quantitative estimate of drug-likeness (QED) is 0.672. The molecule has 1 aliphatic heterocycles. The summed E-state index contributed by atoms with van der Waals surface area (Å²) in [7, 11) is -4.37. The molecule has 0 aromatic heterocycles. The maximum atomic E-state index is 12.7. The molecule has 1 heterocycles. The van der Waals surface area contributed by atoms with Gasteiger partial charge in [-0.1, -0.05) is 30.7 Å². The lowest BCUT2D eigenvalue weighted by atomic mass is 10.1. The van der Waals surface area contributed by atoms with Crippen LogP contribution >= 0.6 is 0 Å². The summed E-state index contributed by atoms with van der Waals surface area (Å²) in [4.78, 5) is 12.6. The van der Waals surface area contributed by atoms with E-state index in [-0.39, 0.29) is 5.91 Å².